The molecule has 0 saturated heterocycles. The zero-order valence-corrected chi connectivity index (χ0v) is 17.3. The van der Waals surface area contributed by atoms with Crippen LogP contribution in [0.2, 0.25) is 5.02 Å². The summed E-state index contributed by atoms with van der Waals surface area (Å²) >= 11 is 6.34. The maximum atomic E-state index is 13.3. The minimum Gasteiger partial charge on any atom is -0.464 e. The molecule has 0 saturated carbocycles. The van der Waals surface area contributed by atoms with Crippen molar-refractivity contribution in [2.75, 3.05) is 6.26 Å². The van der Waals surface area contributed by atoms with Gasteiger partial charge in [-0.25, -0.2) is 18.1 Å². The van der Waals surface area contributed by atoms with Crippen molar-refractivity contribution in [3.05, 3.63) is 71.7 Å². The molecule has 0 bridgehead atoms. The maximum Gasteiger partial charge on any atom is 0.435 e. The molecular formula is C20H13ClF3N3O3S. The molecule has 4 aromatic rings. The summed E-state index contributed by atoms with van der Waals surface area (Å²) in [5, 5.41) is 3.91. The number of aromatic nitrogens is 3. The van der Waals surface area contributed by atoms with E-state index in [0.29, 0.717) is 16.9 Å². The van der Waals surface area contributed by atoms with Crippen LogP contribution in [0.15, 0.2) is 70.3 Å². The van der Waals surface area contributed by atoms with Crippen LogP contribution < -0.4 is 0 Å². The molecule has 6 nitrogen and oxygen atoms in total. The Balaban J connectivity index is 1.84. The molecule has 3 heterocycles. The molecule has 0 N–H and O–H groups in total. The van der Waals surface area contributed by atoms with Gasteiger partial charge in [0, 0.05) is 23.6 Å². The van der Waals surface area contributed by atoms with Gasteiger partial charge in [0.2, 0.25) is 0 Å². The van der Waals surface area contributed by atoms with Crippen molar-refractivity contribution in [3.63, 3.8) is 0 Å². The van der Waals surface area contributed by atoms with Gasteiger partial charge in [0.05, 0.1) is 21.9 Å². The highest BCUT2D eigenvalue weighted by Gasteiger charge is 2.35. The van der Waals surface area contributed by atoms with Crippen LogP contribution in [-0.2, 0) is 16.0 Å². The summed E-state index contributed by atoms with van der Waals surface area (Å²) in [7, 11) is -3.51. The molecule has 0 aliphatic rings. The first-order valence-corrected chi connectivity index (χ1v) is 11.0. The molecule has 160 valence electrons. The number of halogens is 4. The van der Waals surface area contributed by atoms with E-state index in [2.05, 4.69) is 10.1 Å². The highest BCUT2D eigenvalue weighted by atomic mass is 35.5. The summed E-state index contributed by atoms with van der Waals surface area (Å²) in [4.78, 5) is 3.92. The zero-order chi connectivity index (χ0) is 22.4. The molecule has 0 atom stereocenters. The molecular weight excluding hydrogens is 455 g/mol. The van der Waals surface area contributed by atoms with Gasteiger partial charge < -0.3 is 4.42 Å². The number of rotatable bonds is 4. The van der Waals surface area contributed by atoms with Crippen LogP contribution >= 0.6 is 11.6 Å². The second-order valence-corrected chi connectivity index (χ2v) is 9.04. The van der Waals surface area contributed by atoms with Crippen molar-refractivity contribution < 1.29 is 26.0 Å². The van der Waals surface area contributed by atoms with Gasteiger partial charge in [-0.1, -0.05) is 17.7 Å². The minimum atomic E-state index is -4.69. The summed E-state index contributed by atoms with van der Waals surface area (Å²) in [6, 6.07) is 11.5. The second-order valence-electron chi connectivity index (χ2n) is 6.62. The normalized spacial score (nSPS) is 12.3. The largest absolute Gasteiger partial charge is 0.464 e. The number of nitrogens with zero attached hydrogens (tertiary/aromatic N) is 3. The average molecular weight is 468 g/mol. The topological polar surface area (TPSA) is 78.0 Å². The standard InChI is InChI=1S/C20H13ClF3N3O3S/c1-31(28,29)13-5-7-19(25-11-13)27-16(10-18(26-27)20(22,23)24)12-4-6-14(15(21)9-12)17-3-2-8-30-17/h2-11H,1H3. The Hall–Kier alpha value is -3.11. The molecule has 0 aliphatic carbocycles. The van der Waals surface area contributed by atoms with E-state index in [4.69, 9.17) is 16.0 Å². The number of benzene rings is 1. The first kappa shape index (κ1) is 21.1. The Kier molecular flexibility index (Phi) is 5.14. The van der Waals surface area contributed by atoms with Crippen LogP contribution in [0, 0.1) is 0 Å². The number of hydrogen-bond acceptors (Lipinski definition) is 5. The Bertz CT molecular complexity index is 1350. The van der Waals surface area contributed by atoms with E-state index in [9.17, 15) is 21.6 Å². The minimum absolute atomic E-state index is 0.0177. The van der Waals surface area contributed by atoms with Crippen molar-refractivity contribution in [2.24, 2.45) is 0 Å². The van der Waals surface area contributed by atoms with E-state index in [-0.39, 0.29) is 21.4 Å². The Morgan fingerprint density at radius 3 is 2.42 bits per heavy atom. The molecule has 3 aromatic heterocycles. The summed E-state index contributed by atoms with van der Waals surface area (Å²) < 4.78 is 69.6. The molecule has 1 aromatic carbocycles. The van der Waals surface area contributed by atoms with Crippen molar-refractivity contribution in [3.8, 4) is 28.4 Å². The number of alkyl halides is 3. The Morgan fingerprint density at radius 2 is 1.87 bits per heavy atom. The van der Waals surface area contributed by atoms with Crippen molar-refractivity contribution in [1.82, 2.24) is 14.8 Å². The molecule has 31 heavy (non-hydrogen) atoms. The van der Waals surface area contributed by atoms with E-state index in [1.54, 1.807) is 24.3 Å². The fraction of sp³-hybridized carbons (Fsp3) is 0.100. The predicted molar refractivity (Wildman–Crippen MR) is 108 cm³/mol. The highest BCUT2D eigenvalue weighted by Crippen LogP contribution is 2.36. The molecule has 0 spiro atoms. The molecule has 0 aliphatic heterocycles. The smallest absolute Gasteiger partial charge is 0.435 e. The van der Waals surface area contributed by atoms with Gasteiger partial charge >= 0.3 is 6.18 Å². The van der Waals surface area contributed by atoms with Gasteiger partial charge in [-0.05, 0) is 42.5 Å². The molecule has 0 unspecified atom stereocenters. The second kappa shape index (κ2) is 7.54. The zero-order valence-electron chi connectivity index (χ0n) is 15.8. The van der Waals surface area contributed by atoms with Crippen LogP contribution in [-0.4, -0.2) is 29.4 Å². The first-order chi connectivity index (χ1) is 14.5. The molecule has 0 radical (unpaired) electrons. The number of hydrogen-bond donors (Lipinski definition) is 0. The maximum absolute atomic E-state index is 13.3. The van der Waals surface area contributed by atoms with Gasteiger partial charge in [0.25, 0.3) is 0 Å². The van der Waals surface area contributed by atoms with Crippen LogP contribution in [0.1, 0.15) is 5.69 Å². The third-order valence-electron chi connectivity index (χ3n) is 4.42. The van der Waals surface area contributed by atoms with Crippen LogP contribution in [0.3, 0.4) is 0 Å². The van der Waals surface area contributed by atoms with E-state index in [0.717, 1.165) is 23.2 Å². The van der Waals surface area contributed by atoms with E-state index >= 15 is 0 Å². The average Bonchev–Trinajstić information content (AvgIpc) is 3.37. The van der Waals surface area contributed by atoms with E-state index in [1.165, 1.54) is 24.5 Å². The third-order valence-corrected chi connectivity index (χ3v) is 5.83. The molecule has 11 heteroatoms. The summed E-state index contributed by atoms with van der Waals surface area (Å²) in [5.41, 5.74) is -0.104. The monoisotopic (exact) mass is 467 g/mol. The first-order valence-electron chi connectivity index (χ1n) is 8.71. The van der Waals surface area contributed by atoms with Crippen molar-refractivity contribution >= 4 is 21.4 Å². The number of sulfone groups is 1. The predicted octanol–water partition coefficient (Wildman–Crippen LogP) is 5.27. The van der Waals surface area contributed by atoms with Crippen molar-refractivity contribution in [1.29, 1.82) is 0 Å². The van der Waals surface area contributed by atoms with Gasteiger partial charge in [-0.2, -0.15) is 18.3 Å². The molecule has 0 fully saturated rings. The lowest BCUT2D eigenvalue weighted by Gasteiger charge is -2.09. The number of pyridine rings is 1. The lowest BCUT2D eigenvalue weighted by atomic mass is 10.1. The highest BCUT2D eigenvalue weighted by molar-refractivity contribution is 7.90. The Labute approximate surface area is 179 Å². The molecule has 0 amide bonds. The van der Waals surface area contributed by atoms with Gasteiger partial charge in [-0.3, -0.25) is 0 Å². The summed E-state index contributed by atoms with van der Waals surface area (Å²) in [6.45, 7) is 0. The quantitative estimate of drug-likeness (QED) is 0.408. The van der Waals surface area contributed by atoms with Crippen LogP contribution in [0.25, 0.3) is 28.4 Å². The van der Waals surface area contributed by atoms with Crippen LogP contribution in [0.4, 0.5) is 13.2 Å². The van der Waals surface area contributed by atoms with Gasteiger partial charge in [-0.15, -0.1) is 0 Å². The van der Waals surface area contributed by atoms with E-state index < -0.39 is 21.7 Å². The van der Waals surface area contributed by atoms with Crippen molar-refractivity contribution in [2.45, 2.75) is 11.1 Å². The Morgan fingerprint density at radius 1 is 1.10 bits per heavy atom. The lowest BCUT2D eigenvalue weighted by Crippen LogP contribution is -2.08. The lowest BCUT2D eigenvalue weighted by molar-refractivity contribution is -0.141. The van der Waals surface area contributed by atoms with Crippen LogP contribution in [0.5, 0.6) is 0 Å². The fourth-order valence-electron chi connectivity index (χ4n) is 2.92. The van der Waals surface area contributed by atoms with Gasteiger partial charge in [0.1, 0.15) is 5.76 Å². The molecule has 4 rings (SSSR count). The third kappa shape index (κ3) is 4.21. The van der Waals surface area contributed by atoms with E-state index in [1.807, 2.05) is 0 Å². The SMILES string of the molecule is CS(=O)(=O)c1ccc(-n2nc(C(F)(F)F)cc2-c2ccc(-c3ccco3)c(Cl)c2)nc1. The fourth-order valence-corrected chi connectivity index (χ4v) is 3.76. The number of furan rings is 1. The van der Waals surface area contributed by atoms with Gasteiger partial charge in [0.15, 0.2) is 21.3 Å². The summed E-state index contributed by atoms with van der Waals surface area (Å²) in [5.74, 6) is 0.531. The summed E-state index contributed by atoms with van der Waals surface area (Å²) in [6.07, 6.45) is -1.13.